The van der Waals surface area contributed by atoms with Gasteiger partial charge in [0.1, 0.15) is 10.4 Å². The van der Waals surface area contributed by atoms with Crippen LogP contribution in [0.5, 0.6) is 0 Å². The second-order valence-corrected chi connectivity index (χ2v) is 14.0. The van der Waals surface area contributed by atoms with Gasteiger partial charge in [-0.15, -0.1) is 11.3 Å². The minimum atomic E-state index is -0.617. The number of nitrogens with zero attached hydrogens (tertiary/aromatic N) is 1. The molecule has 0 fully saturated rings. The highest BCUT2D eigenvalue weighted by molar-refractivity contribution is 7.20. The first-order valence-electron chi connectivity index (χ1n) is 14.7. The fourth-order valence-corrected chi connectivity index (χ4v) is 6.19. The first-order chi connectivity index (χ1) is 19.7. The van der Waals surface area contributed by atoms with Gasteiger partial charge in [0.05, 0.1) is 23.1 Å². The average molecular weight is 594 g/mol. The van der Waals surface area contributed by atoms with Gasteiger partial charge >= 0.3 is 12.1 Å². The third kappa shape index (κ3) is 8.09. The number of carbonyl (C=O) groups is 3. The molecule has 2 heterocycles. The Morgan fingerprint density at radius 2 is 1.86 bits per heavy atom. The lowest BCUT2D eigenvalue weighted by Gasteiger charge is -2.34. The summed E-state index contributed by atoms with van der Waals surface area (Å²) in [6.07, 6.45) is 2.94. The van der Waals surface area contributed by atoms with E-state index in [1.54, 1.807) is 45.9 Å². The Labute approximate surface area is 252 Å². The normalized spacial score (nSPS) is 15.9. The van der Waals surface area contributed by atoms with Gasteiger partial charge in [0, 0.05) is 17.6 Å². The van der Waals surface area contributed by atoms with Gasteiger partial charge in [0.25, 0.3) is 5.91 Å². The van der Waals surface area contributed by atoms with Crippen LogP contribution in [0.4, 0.5) is 4.79 Å². The average Bonchev–Trinajstić information content (AvgIpc) is 3.32. The Hall–Kier alpha value is -3.46. The maximum absolute atomic E-state index is 13.6. The Balaban J connectivity index is 1.54. The number of esters is 1. The number of benzene rings is 1. The van der Waals surface area contributed by atoms with E-state index in [4.69, 9.17) is 14.5 Å². The highest BCUT2D eigenvalue weighted by atomic mass is 32.1. The van der Waals surface area contributed by atoms with Crippen LogP contribution in [-0.4, -0.2) is 41.7 Å². The maximum Gasteiger partial charge on any atom is 0.407 e. The molecule has 0 radical (unpaired) electrons. The van der Waals surface area contributed by atoms with Gasteiger partial charge in [-0.05, 0) is 100 Å². The molecule has 4 rings (SSSR count). The van der Waals surface area contributed by atoms with Crippen LogP contribution in [-0.2, 0) is 22.3 Å². The number of nitrogens with one attached hydrogen (secondary N) is 2. The number of thiophene rings is 1. The number of ether oxygens (including phenoxy) is 2. The van der Waals surface area contributed by atoms with E-state index < -0.39 is 23.7 Å². The second kappa shape index (κ2) is 12.8. The lowest BCUT2D eigenvalue weighted by Crippen LogP contribution is -2.35. The molecule has 2 N–H and O–H groups in total. The summed E-state index contributed by atoms with van der Waals surface area (Å²) < 4.78 is 10.5. The van der Waals surface area contributed by atoms with Gasteiger partial charge < -0.3 is 20.1 Å². The maximum atomic E-state index is 13.6. The number of aromatic nitrogens is 1. The van der Waals surface area contributed by atoms with E-state index in [-0.39, 0.29) is 24.5 Å². The quantitative estimate of drug-likeness (QED) is 0.272. The zero-order valence-corrected chi connectivity index (χ0v) is 26.6. The molecule has 3 aromatic rings. The van der Waals surface area contributed by atoms with Crippen molar-refractivity contribution in [1.82, 2.24) is 15.6 Å². The molecular weight excluding hydrogens is 550 g/mol. The van der Waals surface area contributed by atoms with Gasteiger partial charge in [-0.2, -0.15) is 0 Å². The monoisotopic (exact) mass is 593 g/mol. The molecular formula is C33H43N3O5S. The van der Waals surface area contributed by atoms with Crippen LogP contribution in [0.25, 0.3) is 10.2 Å². The fourth-order valence-electron chi connectivity index (χ4n) is 5.26. The van der Waals surface area contributed by atoms with Gasteiger partial charge in [0.15, 0.2) is 0 Å². The number of amides is 2. The molecule has 0 bridgehead atoms. The van der Waals surface area contributed by atoms with Crippen molar-refractivity contribution in [3.05, 3.63) is 63.7 Å². The number of hydrogen-bond donors (Lipinski definition) is 2. The molecule has 42 heavy (non-hydrogen) atoms. The first-order valence-corrected chi connectivity index (χ1v) is 15.5. The van der Waals surface area contributed by atoms with E-state index in [0.717, 1.165) is 40.7 Å². The molecule has 8 nitrogen and oxygen atoms in total. The Morgan fingerprint density at radius 3 is 2.55 bits per heavy atom. The molecule has 226 valence electrons. The number of hydrogen-bond acceptors (Lipinski definition) is 7. The van der Waals surface area contributed by atoms with E-state index in [0.29, 0.717) is 22.8 Å². The summed E-state index contributed by atoms with van der Waals surface area (Å²) in [5.74, 6) is -0.0528. The summed E-state index contributed by atoms with van der Waals surface area (Å²) in [6, 6.07) is 10.7. The van der Waals surface area contributed by atoms with Crippen molar-refractivity contribution in [3.8, 4) is 0 Å². The predicted molar refractivity (Wildman–Crippen MR) is 166 cm³/mol. The summed E-state index contributed by atoms with van der Waals surface area (Å²) in [4.78, 5) is 44.6. The third-order valence-corrected chi connectivity index (χ3v) is 8.57. The number of pyridine rings is 1. The van der Waals surface area contributed by atoms with Gasteiger partial charge in [-0.25, -0.2) is 14.6 Å². The minimum absolute atomic E-state index is 0.229. The van der Waals surface area contributed by atoms with Crippen molar-refractivity contribution in [2.45, 2.75) is 85.8 Å². The van der Waals surface area contributed by atoms with Crippen LogP contribution < -0.4 is 10.6 Å². The number of aryl methyl sites for hydroxylation is 1. The van der Waals surface area contributed by atoms with Gasteiger partial charge in [-0.1, -0.05) is 32.9 Å². The second-order valence-electron chi connectivity index (χ2n) is 13.0. The van der Waals surface area contributed by atoms with Crippen molar-refractivity contribution < 1.29 is 23.9 Å². The number of fused-ring (bicyclic) bond motifs is 2. The molecule has 1 aliphatic rings. The molecule has 1 aromatic carbocycles. The zero-order valence-electron chi connectivity index (χ0n) is 25.8. The predicted octanol–water partition coefficient (Wildman–Crippen LogP) is 7.01. The van der Waals surface area contributed by atoms with Gasteiger partial charge in [-0.3, -0.25) is 4.79 Å². The molecule has 0 spiro atoms. The molecule has 0 aliphatic heterocycles. The van der Waals surface area contributed by atoms with Crippen molar-refractivity contribution in [3.63, 3.8) is 0 Å². The van der Waals surface area contributed by atoms with Gasteiger partial charge in [0.2, 0.25) is 0 Å². The lowest BCUT2D eigenvalue weighted by molar-refractivity contribution is 0.0516. The zero-order chi connectivity index (χ0) is 30.7. The fraction of sp³-hybridized carbons (Fsp3) is 0.515. The molecule has 2 atom stereocenters. The Bertz CT molecular complexity index is 1450. The molecule has 0 saturated heterocycles. The summed E-state index contributed by atoms with van der Waals surface area (Å²) >= 11 is 1.38. The molecule has 2 amide bonds. The van der Waals surface area contributed by atoms with Crippen molar-refractivity contribution >= 4 is 39.5 Å². The van der Waals surface area contributed by atoms with E-state index in [9.17, 15) is 14.4 Å². The molecule has 1 aliphatic carbocycles. The number of rotatable bonds is 8. The van der Waals surface area contributed by atoms with Crippen LogP contribution in [0.2, 0.25) is 0 Å². The number of alkyl carbamates (subject to hydrolysis) is 1. The highest BCUT2D eigenvalue weighted by Gasteiger charge is 2.30. The van der Waals surface area contributed by atoms with Crippen molar-refractivity contribution in [1.29, 1.82) is 0 Å². The molecule has 2 aromatic heterocycles. The van der Waals surface area contributed by atoms with E-state index in [1.165, 1.54) is 16.9 Å². The van der Waals surface area contributed by atoms with Crippen LogP contribution in [0.3, 0.4) is 0 Å². The molecule has 0 unspecified atom stereocenters. The number of carbonyl (C=O) groups excluding carboxylic acids is 3. The summed E-state index contributed by atoms with van der Waals surface area (Å²) in [6.45, 7) is 14.6. The third-order valence-electron chi connectivity index (χ3n) is 7.53. The Morgan fingerprint density at radius 1 is 1.10 bits per heavy atom. The summed E-state index contributed by atoms with van der Waals surface area (Å²) in [7, 11) is 0. The smallest absolute Gasteiger partial charge is 0.407 e. The topological polar surface area (TPSA) is 107 Å². The Kier molecular flexibility index (Phi) is 9.60. The summed E-state index contributed by atoms with van der Waals surface area (Å²) in [5.41, 5.74) is 3.18. The van der Waals surface area contributed by atoms with Crippen molar-refractivity contribution in [2.75, 3.05) is 13.2 Å². The molecule has 9 heteroatoms. The van der Waals surface area contributed by atoms with Crippen LogP contribution in [0, 0.1) is 11.3 Å². The minimum Gasteiger partial charge on any atom is -0.462 e. The highest BCUT2D eigenvalue weighted by Crippen LogP contribution is 2.38. The lowest BCUT2D eigenvalue weighted by atomic mass is 9.71. The first kappa shape index (κ1) is 31.5. The van der Waals surface area contributed by atoms with Crippen molar-refractivity contribution in [2.24, 2.45) is 11.3 Å². The van der Waals surface area contributed by atoms with E-state index in [1.807, 2.05) is 12.1 Å². The largest absolute Gasteiger partial charge is 0.462 e. The van der Waals surface area contributed by atoms with E-state index in [2.05, 4.69) is 37.5 Å². The van der Waals surface area contributed by atoms with E-state index >= 15 is 0 Å². The SMILES string of the molecule is CCOC(=O)c1cccc([C@@H](CCNC(=O)OC(C)(C)C)NC(=O)c2cc3cc4c(nc3s2)CC[C@H](C(C)(C)C)C4)c1. The summed E-state index contributed by atoms with van der Waals surface area (Å²) in [5, 5.41) is 6.87. The van der Waals surface area contributed by atoms with Crippen LogP contribution >= 0.6 is 11.3 Å². The molecule has 0 saturated carbocycles. The standard InChI is InChI=1S/C33H43N3O5S/c1-8-40-30(38)21-11-9-10-20(16-21)26(14-15-34-31(39)41-33(5,6)7)35-28(37)27-19-23-17-22-18-24(32(2,3)4)12-13-25(22)36-29(23)42-27/h9-11,16-17,19,24,26H,8,12-15,18H2,1-7H3,(H,34,39)(H,35,37)/t24-,26+/m0/s1. The van der Waals surface area contributed by atoms with Crippen LogP contribution in [0.1, 0.15) is 104 Å². The van der Waals surface area contributed by atoms with Crippen LogP contribution in [0.15, 0.2) is 36.4 Å².